The number of ether oxygens (including phenoxy) is 1. The van der Waals surface area contributed by atoms with Crippen LogP contribution >= 0.6 is 11.6 Å². The third kappa shape index (κ3) is 1.96. The van der Waals surface area contributed by atoms with Crippen molar-refractivity contribution in [2.75, 3.05) is 7.11 Å². The Morgan fingerprint density at radius 3 is 2.88 bits per heavy atom. The number of rotatable bonds is 3. The zero-order valence-corrected chi connectivity index (χ0v) is 9.75. The fourth-order valence-electron chi connectivity index (χ4n) is 1.44. The molecule has 0 aliphatic heterocycles. The van der Waals surface area contributed by atoms with Gasteiger partial charge in [0, 0.05) is 17.5 Å². The second kappa shape index (κ2) is 4.28. The molecule has 2 rings (SSSR count). The molecule has 0 aliphatic carbocycles. The minimum Gasteiger partial charge on any atom is -0.453 e. The molecule has 0 aliphatic rings. The van der Waals surface area contributed by atoms with Crippen LogP contribution in [0.25, 0.3) is 11.0 Å². The van der Waals surface area contributed by atoms with Crippen LogP contribution in [0, 0.1) is 0 Å². The Morgan fingerprint density at radius 1 is 1.44 bits per heavy atom. The van der Waals surface area contributed by atoms with Crippen molar-refractivity contribution < 1.29 is 13.9 Å². The fourth-order valence-corrected chi connectivity index (χ4v) is 1.62. The van der Waals surface area contributed by atoms with Gasteiger partial charge in [-0.15, -0.1) is 0 Å². The van der Waals surface area contributed by atoms with Gasteiger partial charge in [-0.25, -0.2) is 0 Å². The molecule has 0 amide bonds. The molecule has 4 heteroatoms. The van der Waals surface area contributed by atoms with Crippen LogP contribution in [0.1, 0.15) is 17.5 Å². The molecule has 0 saturated carbocycles. The van der Waals surface area contributed by atoms with E-state index in [1.165, 1.54) is 7.11 Å². The number of methoxy groups -OCH3 is 1. The summed E-state index contributed by atoms with van der Waals surface area (Å²) in [4.78, 5) is 11.8. The van der Waals surface area contributed by atoms with Gasteiger partial charge in [0.15, 0.2) is 5.76 Å². The molecule has 2 aromatic rings. The normalized spacial score (nSPS) is 12.9. The van der Waals surface area contributed by atoms with Gasteiger partial charge in [-0.1, -0.05) is 11.6 Å². The topological polar surface area (TPSA) is 39.4 Å². The summed E-state index contributed by atoms with van der Waals surface area (Å²) in [6.07, 6.45) is -0.504. The fraction of sp³-hybridized carbons (Fsp3) is 0.250. The summed E-state index contributed by atoms with van der Waals surface area (Å²) in [7, 11) is 1.49. The summed E-state index contributed by atoms with van der Waals surface area (Å²) in [6.45, 7) is 1.68. The second-order valence-electron chi connectivity index (χ2n) is 3.53. The van der Waals surface area contributed by atoms with E-state index < -0.39 is 6.10 Å². The number of fused-ring (bicyclic) bond motifs is 1. The highest BCUT2D eigenvalue weighted by molar-refractivity contribution is 6.31. The Balaban J connectivity index is 2.43. The zero-order valence-electron chi connectivity index (χ0n) is 8.99. The van der Waals surface area contributed by atoms with Crippen molar-refractivity contribution in [2.24, 2.45) is 0 Å². The maximum Gasteiger partial charge on any atom is 0.226 e. The summed E-state index contributed by atoms with van der Waals surface area (Å²) in [5.41, 5.74) is 0.649. The Hall–Kier alpha value is -1.32. The maximum atomic E-state index is 11.8. The lowest BCUT2D eigenvalue weighted by molar-refractivity contribution is 0.0629. The van der Waals surface area contributed by atoms with Gasteiger partial charge in [0.1, 0.15) is 11.7 Å². The summed E-state index contributed by atoms with van der Waals surface area (Å²) in [6, 6.07) is 6.90. The van der Waals surface area contributed by atoms with Crippen LogP contribution in [-0.2, 0) is 4.74 Å². The number of hydrogen-bond acceptors (Lipinski definition) is 3. The van der Waals surface area contributed by atoms with Gasteiger partial charge in [-0.05, 0) is 31.2 Å². The third-order valence-corrected chi connectivity index (χ3v) is 2.68. The molecular formula is C12H11ClO3. The number of halogens is 1. The quantitative estimate of drug-likeness (QED) is 0.771. The first-order chi connectivity index (χ1) is 7.61. The van der Waals surface area contributed by atoms with E-state index in [0.717, 1.165) is 5.39 Å². The molecule has 1 aromatic carbocycles. The van der Waals surface area contributed by atoms with Crippen molar-refractivity contribution in [2.45, 2.75) is 13.0 Å². The predicted octanol–water partition coefficient (Wildman–Crippen LogP) is 3.30. The highest BCUT2D eigenvalue weighted by Gasteiger charge is 2.18. The van der Waals surface area contributed by atoms with E-state index >= 15 is 0 Å². The number of hydrogen-bond donors (Lipinski definition) is 0. The molecule has 0 radical (unpaired) electrons. The SMILES string of the molecule is COC(C)C(=O)c1cc2cc(Cl)ccc2o1. The van der Waals surface area contributed by atoms with Crippen LogP contribution in [0.5, 0.6) is 0 Å². The molecule has 1 aromatic heterocycles. The maximum absolute atomic E-state index is 11.8. The first-order valence-corrected chi connectivity index (χ1v) is 5.25. The predicted molar refractivity (Wildman–Crippen MR) is 62.0 cm³/mol. The van der Waals surface area contributed by atoms with Crippen LogP contribution in [-0.4, -0.2) is 19.0 Å². The monoisotopic (exact) mass is 238 g/mol. The molecule has 0 saturated heterocycles. The van der Waals surface area contributed by atoms with E-state index in [1.54, 1.807) is 31.2 Å². The van der Waals surface area contributed by atoms with Crippen molar-refractivity contribution in [3.8, 4) is 0 Å². The molecule has 1 atom stereocenters. The Morgan fingerprint density at radius 2 is 2.19 bits per heavy atom. The lowest BCUT2D eigenvalue weighted by Gasteiger charge is -2.04. The molecule has 0 spiro atoms. The van der Waals surface area contributed by atoms with Gasteiger partial charge >= 0.3 is 0 Å². The zero-order chi connectivity index (χ0) is 11.7. The first kappa shape index (κ1) is 11.2. The van der Waals surface area contributed by atoms with E-state index in [-0.39, 0.29) is 5.78 Å². The molecule has 0 N–H and O–H groups in total. The van der Waals surface area contributed by atoms with Gasteiger partial charge in [0.25, 0.3) is 0 Å². The summed E-state index contributed by atoms with van der Waals surface area (Å²) in [5, 5.41) is 1.44. The third-order valence-electron chi connectivity index (χ3n) is 2.44. The van der Waals surface area contributed by atoms with Crippen LogP contribution in [0.2, 0.25) is 5.02 Å². The van der Waals surface area contributed by atoms with E-state index in [2.05, 4.69) is 0 Å². The van der Waals surface area contributed by atoms with E-state index in [0.29, 0.717) is 16.4 Å². The van der Waals surface area contributed by atoms with Crippen molar-refractivity contribution in [1.82, 2.24) is 0 Å². The van der Waals surface area contributed by atoms with Crippen molar-refractivity contribution in [3.05, 3.63) is 35.0 Å². The van der Waals surface area contributed by atoms with Crippen LogP contribution < -0.4 is 0 Å². The largest absolute Gasteiger partial charge is 0.453 e. The van der Waals surface area contributed by atoms with E-state index in [1.807, 2.05) is 0 Å². The minimum absolute atomic E-state index is 0.171. The molecule has 16 heavy (non-hydrogen) atoms. The number of Topliss-reactive ketones (excluding diaryl/α,β-unsaturated/α-hetero) is 1. The average molecular weight is 239 g/mol. The van der Waals surface area contributed by atoms with Crippen molar-refractivity contribution in [1.29, 1.82) is 0 Å². The second-order valence-corrected chi connectivity index (χ2v) is 3.97. The van der Waals surface area contributed by atoms with E-state index in [9.17, 15) is 4.79 Å². The molecule has 0 bridgehead atoms. The molecule has 84 valence electrons. The van der Waals surface area contributed by atoms with Crippen LogP contribution in [0.4, 0.5) is 0 Å². The molecule has 1 unspecified atom stereocenters. The standard InChI is InChI=1S/C12H11ClO3/c1-7(15-2)12(14)11-6-8-5-9(13)3-4-10(8)16-11/h3-7H,1-2H3. The lowest BCUT2D eigenvalue weighted by atomic mass is 10.2. The summed E-state index contributed by atoms with van der Waals surface area (Å²) in [5.74, 6) is 0.126. The Bertz CT molecular complexity index is 530. The Labute approximate surface area is 97.9 Å². The minimum atomic E-state index is -0.504. The smallest absolute Gasteiger partial charge is 0.226 e. The summed E-state index contributed by atoms with van der Waals surface area (Å²) < 4.78 is 10.4. The first-order valence-electron chi connectivity index (χ1n) is 4.88. The lowest BCUT2D eigenvalue weighted by Crippen LogP contribution is -2.18. The number of carbonyl (C=O) groups is 1. The van der Waals surface area contributed by atoms with Crippen molar-refractivity contribution >= 4 is 28.4 Å². The molecule has 1 heterocycles. The molecular weight excluding hydrogens is 228 g/mol. The van der Waals surface area contributed by atoms with Gasteiger partial charge in [-0.2, -0.15) is 0 Å². The van der Waals surface area contributed by atoms with Gasteiger partial charge in [0.2, 0.25) is 5.78 Å². The molecule has 3 nitrogen and oxygen atoms in total. The number of benzene rings is 1. The van der Waals surface area contributed by atoms with E-state index in [4.69, 9.17) is 20.8 Å². The van der Waals surface area contributed by atoms with Crippen LogP contribution in [0.15, 0.2) is 28.7 Å². The van der Waals surface area contributed by atoms with Gasteiger partial charge in [-0.3, -0.25) is 4.79 Å². The number of ketones is 1. The van der Waals surface area contributed by atoms with Gasteiger partial charge in [0.05, 0.1) is 0 Å². The van der Waals surface area contributed by atoms with Gasteiger partial charge < -0.3 is 9.15 Å². The molecule has 0 fully saturated rings. The summed E-state index contributed by atoms with van der Waals surface area (Å²) >= 11 is 5.85. The highest BCUT2D eigenvalue weighted by Crippen LogP contribution is 2.23. The van der Waals surface area contributed by atoms with Crippen molar-refractivity contribution in [3.63, 3.8) is 0 Å². The highest BCUT2D eigenvalue weighted by atomic mass is 35.5. The number of carbonyl (C=O) groups excluding carboxylic acids is 1. The Kier molecular flexibility index (Phi) is 2.99. The number of furan rings is 1. The average Bonchev–Trinajstić information content (AvgIpc) is 2.69. The van der Waals surface area contributed by atoms with Crippen LogP contribution in [0.3, 0.4) is 0 Å².